The van der Waals surface area contributed by atoms with Crippen LogP contribution < -0.4 is 5.46 Å². The lowest BCUT2D eigenvalue weighted by Crippen LogP contribution is -2.30. The minimum atomic E-state index is -1.71. The average molecular weight is 182 g/mol. The molecule has 68 valence electrons. The molecule has 6 nitrogen and oxygen atoms in total. The van der Waals surface area contributed by atoms with Crippen molar-refractivity contribution in [3.63, 3.8) is 0 Å². The topological polar surface area (TPSA) is 96.5 Å². The van der Waals surface area contributed by atoms with Gasteiger partial charge >= 0.3 is 12.9 Å². The minimum Gasteiger partial charge on any atom is -0.423 e. The van der Waals surface area contributed by atoms with Gasteiger partial charge in [0.2, 0.25) is 0 Å². The highest BCUT2D eigenvalue weighted by Gasteiger charge is 2.18. The molecular weight excluding hydrogens is 175 g/mol. The van der Waals surface area contributed by atoms with Crippen LogP contribution in [-0.4, -0.2) is 27.1 Å². The molecule has 0 saturated carbocycles. The van der Waals surface area contributed by atoms with Crippen LogP contribution in [0.2, 0.25) is 0 Å². The summed E-state index contributed by atoms with van der Waals surface area (Å²) in [5, 5.41) is 27.8. The van der Waals surface area contributed by atoms with E-state index in [4.69, 9.17) is 10.0 Å². The lowest BCUT2D eigenvalue weighted by atomic mass is 9.80. The lowest BCUT2D eigenvalue weighted by Gasteiger charge is -1.98. The van der Waals surface area contributed by atoms with Crippen LogP contribution in [-0.2, 0) is 0 Å². The third kappa shape index (κ3) is 2.23. The Hall–Kier alpha value is -1.47. The molecule has 0 fully saturated rings. The normalized spacial score (nSPS) is 9.77. The van der Waals surface area contributed by atoms with Crippen molar-refractivity contribution < 1.29 is 15.0 Å². The van der Waals surface area contributed by atoms with Crippen molar-refractivity contribution in [1.29, 1.82) is 0 Å². The summed E-state index contributed by atoms with van der Waals surface area (Å²) in [6.45, 7) is 1.54. The van der Waals surface area contributed by atoms with Gasteiger partial charge < -0.3 is 20.2 Å². The molecule has 1 aromatic rings. The standard InChI is InChI=1S/C6H7BN2O4/c1-4-2-5(7(10)11)3-6(8-4)9(12)13/h2-3,10-11H,1H3. The van der Waals surface area contributed by atoms with Gasteiger partial charge in [-0.25, -0.2) is 0 Å². The van der Waals surface area contributed by atoms with Crippen molar-refractivity contribution in [3.05, 3.63) is 27.9 Å². The first-order valence-corrected chi connectivity index (χ1v) is 3.50. The first-order chi connectivity index (χ1) is 6.00. The lowest BCUT2D eigenvalue weighted by molar-refractivity contribution is -0.389. The predicted molar refractivity (Wildman–Crippen MR) is 45.5 cm³/mol. The second-order valence-electron chi connectivity index (χ2n) is 2.53. The maximum absolute atomic E-state index is 10.3. The maximum Gasteiger partial charge on any atom is 0.488 e. The summed E-state index contributed by atoms with van der Waals surface area (Å²) in [7, 11) is -1.71. The van der Waals surface area contributed by atoms with Crippen molar-refractivity contribution in [1.82, 2.24) is 4.98 Å². The molecule has 0 aromatic carbocycles. The average Bonchev–Trinajstić information content (AvgIpc) is 2.03. The van der Waals surface area contributed by atoms with E-state index in [0.29, 0.717) is 5.69 Å². The predicted octanol–water partition coefficient (Wildman–Crippen LogP) is -1.02. The van der Waals surface area contributed by atoms with E-state index in [-0.39, 0.29) is 11.3 Å². The van der Waals surface area contributed by atoms with Crippen LogP contribution in [0.15, 0.2) is 12.1 Å². The number of nitrogens with zero attached hydrogens (tertiary/aromatic N) is 2. The number of pyridine rings is 1. The molecule has 0 spiro atoms. The van der Waals surface area contributed by atoms with Gasteiger partial charge in [-0.05, 0) is 21.4 Å². The van der Waals surface area contributed by atoms with E-state index in [1.807, 2.05) is 0 Å². The zero-order valence-electron chi connectivity index (χ0n) is 6.84. The number of hydrogen-bond acceptors (Lipinski definition) is 5. The van der Waals surface area contributed by atoms with Crippen LogP contribution in [0.1, 0.15) is 5.69 Å². The van der Waals surface area contributed by atoms with Gasteiger partial charge in [0.05, 0.1) is 0 Å². The number of aryl methyl sites for hydroxylation is 1. The zero-order chi connectivity index (χ0) is 10.0. The van der Waals surface area contributed by atoms with E-state index >= 15 is 0 Å². The highest BCUT2D eigenvalue weighted by Crippen LogP contribution is 2.05. The van der Waals surface area contributed by atoms with Gasteiger partial charge in [0.25, 0.3) is 0 Å². The molecule has 0 bridgehead atoms. The van der Waals surface area contributed by atoms with Crippen LogP contribution in [0, 0.1) is 17.0 Å². The Balaban J connectivity index is 3.19. The number of aromatic nitrogens is 1. The second kappa shape index (κ2) is 3.50. The van der Waals surface area contributed by atoms with E-state index < -0.39 is 12.0 Å². The molecule has 0 aliphatic rings. The third-order valence-electron chi connectivity index (χ3n) is 1.45. The summed E-state index contributed by atoms with van der Waals surface area (Å²) in [6.07, 6.45) is 0. The van der Waals surface area contributed by atoms with E-state index in [9.17, 15) is 10.1 Å². The van der Waals surface area contributed by atoms with E-state index in [2.05, 4.69) is 4.98 Å². The molecular formula is C6H7BN2O4. The number of rotatable bonds is 2. The monoisotopic (exact) mass is 182 g/mol. The van der Waals surface area contributed by atoms with E-state index in [1.165, 1.54) is 6.07 Å². The number of nitro groups is 1. The summed E-state index contributed by atoms with van der Waals surface area (Å²) >= 11 is 0. The first-order valence-electron chi connectivity index (χ1n) is 3.50. The Labute approximate surface area is 74.2 Å². The van der Waals surface area contributed by atoms with Crippen LogP contribution in [0.25, 0.3) is 0 Å². The van der Waals surface area contributed by atoms with Crippen molar-refractivity contribution in [3.8, 4) is 0 Å². The number of hydrogen-bond donors (Lipinski definition) is 2. The van der Waals surface area contributed by atoms with E-state index in [1.54, 1.807) is 6.92 Å². The Kier molecular flexibility index (Phi) is 2.59. The SMILES string of the molecule is Cc1cc(B(O)O)cc([N+](=O)[O-])n1. The maximum atomic E-state index is 10.3. The minimum absolute atomic E-state index is 0.0687. The molecule has 13 heavy (non-hydrogen) atoms. The summed E-state index contributed by atoms with van der Waals surface area (Å²) in [5.41, 5.74) is 0.441. The molecule has 1 aromatic heterocycles. The largest absolute Gasteiger partial charge is 0.488 e. The van der Waals surface area contributed by atoms with Crippen LogP contribution in [0.4, 0.5) is 5.82 Å². The zero-order valence-corrected chi connectivity index (χ0v) is 6.84. The van der Waals surface area contributed by atoms with E-state index in [0.717, 1.165) is 6.07 Å². The highest BCUT2D eigenvalue weighted by atomic mass is 16.6. The second-order valence-corrected chi connectivity index (χ2v) is 2.53. The van der Waals surface area contributed by atoms with Crippen molar-refractivity contribution in [2.75, 3.05) is 0 Å². The molecule has 0 aliphatic heterocycles. The van der Waals surface area contributed by atoms with Crippen molar-refractivity contribution in [2.45, 2.75) is 6.92 Å². The summed E-state index contributed by atoms with van der Waals surface area (Å²) in [5.74, 6) is -0.386. The molecule has 0 radical (unpaired) electrons. The smallest absolute Gasteiger partial charge is 0.423 e. The molecule has 1 heterocycles. The van der Waals surface area contributed by atoms with Gasteiger partial charge in [-0.2, -0.15) is 0 Å². The highest BCUT2D eigenvalue weighted by molar-refractivity contribution is 6.58. The van der Waals surface area contributed by atoms with Crippen LogP contribution in [0.3, 0.4) is 0 Å². The van der Waals surface area contributed by atoms with Gasteiger partial charge in [0, 0.05) is 13.0 Å². The molecule has 0 unspecified atom stereocenters. The molecule has 2 N–H and O–H groups in total. The van der Waals surface area contributed by atoms with Crippen molar-refractivity contribution in [2.24, 2.45) is 0 Å². The molecule has 7 heteroatoms. The fourth-order valence-corrected chi connectivity index (χ4v) is 0.920. The Bertz CT molecular complexity index is 341. The molecule has 0 saturated heterocycles. The van der Waals surface area contributed by atoms with Gasteiger partial charge in [0.15, 0.2) is 0 Å². The summed E-state index contributed by atoms with van der Waals surface area (Å²) in [4.78, 5) is 13.2. The fourth-order valence-electron chi connectivity index (χ4n) is 0.920. The van der Waals surface area contributed by atoms with Gasteiger partial charge in [-0.3, -0.25) is 0 Å². The fraction of sp³-hybridized carbons (Fsp3) is 0.167. The molecule has 0 atom stereocenters. The van der Waals surface area contributed by atoms with Crippen molar-refractivity contribution >= 4 is 18.4 Å². The van der Waals surface area contributed by atoms with Gasteiger partial charge in [-0.1, -0.05) is 0 Å². The van der Waals surface area contributed by atoms with Crippen LogP contribution >= 0.6 is 0 Å². The Morgan fingerprint density at radius 3 is 2.62 bits per heavy atom. The van der Waals surface area contributed by atoms with Gasteiger partial charge in [0.1, 0.15) is 5.69 Å². The first kappa shape index (κ1) is 9.62. The van der Waals surface area contributed by atoms with Crippen LogP contribution in [0.5, 0.6) is 0 Å². The molecule has 0 aliphatic carbocycles. The quantitative estimate of drug-likeness (QED) is 0.346. The summed E-state index contributed by atoms with van der Waals surface area (Å²) in [6, 6.07) is 2.40. The third-order valence-corrected chi connectivity index (χ3v) is 1.45. The Morgan fingerprint density at radius 1 is 1.54 bits per heavy atom. The molecule has 1 rings (SSSR count). The van der Waals surface area contributed by atoms with Gasteiger partial charge in [-0.15, -0.1) is 0 Å². The Morgan fingerprint density at radius 2 is 2.15 bits per heavy atom. The summed E-state index contributed by atoms with van der Waals surface area (Å²) < 4.78 is 0. The molecule has 0 amide bonds.